The van der Waals surface area contributed by atoms with E-state index in [0.29, 0.717) is 23.1 Å². The molecule has 90 valence electrons. The van der Waals surface area contributed by atoms with Gasteiger partial charge in [-0.2, -0.15) is 0 Å². The molecule has 0 radical (unpaired) electrons. The Balaban J connectivity index is 0.00000225. The molecule has 16 heavy (non-hydrogen) atoms. The Bertz CT molecular complexity index is 363. The first-order valence-electron chi connectivity index (χ1n) is 4.53. The molecule has 0 spiro atoms. The number of carbonyl (C=O) groups excluding carboxylic acids is 1. The smallest absolute Gasteiger partial charge is 0.225 e. The van der Waals surface area contributed by atoms with Crippen LogP contribution in [0.25, 0.3) is 0 Å². The summed E-state index contributed by atoms with van der Waals surface area (Å²) in [6.45, 7) is 0.602. The number of amides is 1. The minimum Gasteiger partial charge on any atom is -0.326 e. The molecule has 1 rings (SSSR count). The first kappa shape index (κ1) is 15.3. The van der Waals surface area contributed by atoms with Crippen molar-refractivity contribution < 1.29 is 9.18 Å². The van der Waals surface area contributed by atoms with E-state index in [1.165, 1.54) is 6.07 Å². The van der Waals surface area contributed by atoms with Gasteiger partial charge >= 0.3 is 0 Å². The summed E-state index contributed by atoms with van der Waals surface area (Å²) in [7, 11) is 1.77. The van der Waals surface area contributed by atoms with E-state index in [2.05, 4.69) is 26.6 Å². The molecule has 6 heteroatoms. The zero-order chi connectivity index (χ0) is 11.3. The van der Waals surface area contributed by atoms with Gasteiger partial charge in [0.05, 0.1) is 4.47 Å². The molecule has 2 N–H and O–H groups in total. The molecule has 1 aromatic carbocycles. The monoisotopic (exact) mass is 310 g/mol. The van der Waals surface area contributed by atoms with Gasteiger partial charge in [0.1, 0.15) is 5.82 Å². The Kier molecular flexibility index (Phi) is 7.29. The van der Waals surface area contributed by atoms with Crippen LogP contribution in [0, 0.1) is 5.82 Å². The molecule has 0 aliphatic rings. The van der Waals surface area contributed by atoms with Crippen LogP contribution in [0.4, 0.5) is 10.1 Å². The molecule has 3 nitrogen and oxygen atoms in total. The van der Waals surface area contributed by atoms with Crippen molar-refractivity contribution >= 4 is 39.9 Å². The Morgan fingerprint density at radius 1 is 1.50 bits per heavy atom. The topological polar surface area (TPSA) is 41.1 Å². The van der Waals surface area contributed by atoms with E-state index in [0.717, 1.165) is 0 Å². The van der Waals surface area contributed by atoms with Crippen molar-refractivity contribution in [2.45, 2.75) is 6.42 Å². The highest BCUT2D eigenvalue weighted by atomic mass is 79.9. The van der Waals surface area contributed by atoms with Crippen LogP contribution >= 0.6 is 28.3 Å². The van der Waals surface area contributed by atoms with Gasteiger partial charge in [-0.15, -0.1) is 12.4 Å². The average molecular weight is 312 g/mol. The lowest BCUT2D eigenvalue weighted by Crippen LogP contribution is -2.18. The second-order valence-corrected chi connectivity index (χ2v) is 3.88. The minimum absolute atomic E-state index is 0. The molecule has 0 aliphatic heterocycles. The molecule has 0 atom stereocenters. The first-order valence-corrected chi connectivity index (χ1v) is 5.32. The SMILES string of the molecule is CNCCC(=O)Nc1ccc(Br)c(F)c1.Cl. The number of benzene rings is 1. The zero-order valence-corrected chi connectivity index (χ0v) is 11.1. The highest BCUT2D eigenvalue weighted by molar-refractivity contribution is 9.10. The van der Waals surface area contributed by atoms with Crippen molar-refractivity contribution in [3.8, 4) is 0 Å². The van der Waals surface area contributed by atoms with Crippen LogP contribution in [-0.4, -0.2) is 19.5 Å². The number of hydrogen-bond donors (Lipinski definition) is 2. The van der Waals surface area contributed by atoms with E-state index in [1.54, 1.807) is 19.2 Å². The quantitative estimate of drug-likeness (QED) is 0.897. The summed E-state index contributed by atoms with van der Waals surface area (Å²) >= 11 is 3.04. The largest absolute Gasteiger partial charge is 0.326 e. The van der Waals surface area contributed by atoms with E-state index in [-0.39, 0.29) is 24.1 Å². The van der Waals surface area contributed by atoms with Gasteiger partial charge in [-0.25, -0.2) is 4.39 Å². The first-order chi connectivity index (χ1) is 7.13. The third-order valence-corrected chi connectivity index (χ3v) is 2.45. The van der Waals surface area contributed by atoms with Crippen LogP contribution < -0.4 is 10.6 Å². The predicted octanol–water partition coefficient (Wildman–Crippen LogP) is 2.56. The lowest BCUT2D eigenvalue weighted by Gasteiger charge is -2.05. The van der Waals surface area contributed by atoms with Gasteiger partial charge in [-0.1, -0.05) is 0 Å². The van der Waals surface area contributed by atoms with E-state index >= 15 is 0 Å². The fourth-order valence-electron chi connectivity index (χ4n) is 1.04. The number of hydrogen-bond acceptors (Lipinski definition) is 2. The summed E-state index contributed by atoms with van der Waals surface area (Å²) in [5.41, 5.74) is 0.469. The van der Waals surface area contributed by atoms with Crippen LogP contribution in [0.1, 0.15) is 6.42 Å². The van der Waals surface area contributed by atoms with Gasteiger partial charge < -0.3 is 10.6 Å². The Hall–Kier alpha value is -0.650. The summed E-state index contributed by atoms with van der Waals surface area (Å²) in [4.78, 5) is 11.3. The standard InChI is InChI=1S/C10H12BrFN2O.ClH/c1-13-5-4-10(15)14-7-2-3-8(11)9(12)6-7;/h2-3,6,13H,4-5H2,1H3,(H,14,15);1H. The van der Waals surface area contributed by atoms with Crippen LogP contribution in [0.5, 0.6) is 0 Å². The lowest BCUT2D eigenvalue weighted by atomic mass is 10.3. The van der Waals surface area contributed by atoms with Gasteiger partial charge in [-0.05, 0) is 41.2 Å². The number of nitrogens with one attached hydrogen (secondary N) is 2. The van der Waals surface area contributed by atoms with Crippen molar-refractivity contribution in [2.75, 3.05) is 18.9 Å². The fourth-order valence-corrected chi connectivity index (χ4v) is 1.28. The zero-order valence-electron chi connectivity index (χ0n) is 8.72. The predicted molar refractivity (Wildman–Crippen MR) is 68.5 cm³/mol. The van der Waals surface area contributed by atoms with E-state index in [9.17, 15) is 9.18 Å². The molecule has 0 aliphatic carbocycles. The highest BCUT2D eigenvalue weighted by Gasteiger charge is 2.04. The summed E-state index contributed by atoms with van der Waals surface area (Å²) in [5, 5.41) is 5.47. The summed E-state index contributed by atoms with van der Waals surface area (Å²) in [5.74, 6) is -0.521. The van der Waals surface area contributed by atoms with Crippen LogP contribution in [0.15, 0.2) is 22.7 Å². The maximum absolute atomic E-state index is 13.1. The van der Waals surface area contributed by atoms with E-state index in [1.807, 2.05) is 0 Å². The summed E-state index contributed by atoms with van der Waals surface area (Å²) in [6, 6.07) is 4.48. The second-order valence-electron chi connectivity index (χ2n) is 3.03. The Morgan fingerprint density at radius 3 is 2.75 bits per heavy atom. The van der Waals surface area contributed by atoms with Crippen LogP contribution in [-0.2, 0) is 4.79 Å². The van der Waals surface area contributed by atoms with Crippen LogP contribution in [0.2, 0.25) is 0 Å². The van der Waals surface area contributed by atoms with Gasteiger partial charge in [0.15, 0.2) is 0 Å². The Morgan fingerprint density at radius 2 is 2.19 bits per heavy atom. The minimum atomic E-state index is -0.388. The summed E-state index contributed by atoms with van der Waals surface area (Å²) in [6.07, 6.45) is 0.369. The van der Waals surface area contributed by atoms with Crippen molar-refractivity contribution in [2.24, 2.45) is 0 Å². The van der Waals surface area contributed by atoms with Crippen molar-refractivity contribution in [3.63, 3.8) is 0 Å². The maximum Gasteiger partial charge on any atom is 0.225 e. The molecule has 0 saturated heterocycles. The molecule has 0 bridgehead atoms. The van der Waals surface area contributed by atoms with Gasteiger partial charge in [0.25, 0.3) is 0 Å². The lowest BCUT2D eigenvalue weighted by molar-refractivity contribution is -0.116. The van der Waals surface area contributed by atoms with E-state index < -0.39 is 0 Å². The van der Waals surface area contributed by atoms with Gasteiger partial charge in [0.2, 0.25) is 5.91 Å². The fraction of sp³-hybridized carbons (Fsp3) is 0.300. The number of anilines is 1. The van der Waals surface area contributed by atoms with Crippen LogP contribution in [0.3, 0.4) is 0 Å². The Labute approximate surface area is 108 Å². The number of halogens is 3. The molecule has 1 aromatic rings. The summed E-state index contributed by atoms with van der Waals surface area (Å²) < 4.78 is 13.5. The average Bonchev–Trinajstić information content (AvgIpc) is 2.20. The molecule has 0 saturated carbocycles. The number of carbonyl (C=O) groups is 1. The second kappa shape index (κ2) is 7.60. The van der Waals surface area contributed by atoms with Gasteiger partial charge in [-0.3, -0.25) is 4.79 Å². The van der Waals surface area contributed by atoms with Crippen molar-refractivity contribution in [3.05, 3.63) is 28.5 Å². The molecule has 0 aromatic heterocycles. The normalized spacial score (nSPS) is 9.44. The number of rotatable bonds is 4. The van der Waals surface area contributed by atoms with Crippen molar-refractivity contribution in [1.29, 1.82) is 0 Å². The van der Waals surface area contributed by atoms with E-state index in [4.69, 9.17) is 0 Å². The molecular formula is C10H13BrClFN2O. The molecule has 0 unspecified atom stereocenters. The molecular weight excluding hydrogens is 298 g/mol. The molecule has 0 heterocycles. The van der Waals surface area contributed by atoms with Crippen molar-refractivity contribution in [1.82, 2.24) is 5.32 Å². The highest BCUT2D eigenvalue weighted by Crippen LogP contribution is 2.19. The van der Waals surface area contributed by atoms with Gasteiger partial charge in [0, 0.05) is 18.7 Å². The molecule has 0 fully saturated rings. The third-order valence-electron chi connectivity index (χ3n) is 1.81. The molecule has 1 amide bonds. The maximum atomic E-state index is 13.1. The third kappa shape index (κ3) is 4.92.